The van der Waals surface area contributed by atoms with E-state index in [1.807, 2.05) is 60.8 Å². The Morgan fingerprint density at radius 3 is 2.55 bits per heavy atom. The Labute approximate surface area is 147 Å². The molecule has 0 aliphatic heterocycles. The first kappa shape index (κ1) is 15.3. The Balaban J connectivity index is 1.86. The van der Waals surface area contributed by atoms with E-state index in [1.165, 1.54) is 0 Å². The van der Waals surface area contributed by atoms with Gasteiger partial charge in [-0.1, -0.05) is 58.6 Å². The molecule has 0 aliphatic rings. The highest BCUT2D eigenvalue weighted by Gasteiger charge is 2.09. The molecule has 0 fully saturated rings. The second-order valence-corrected chi connectivity index (χ2v) is 6.29. The Hall–Kier alpha value is -1.60. The van der Waals surface area contributed by atoms with E-state index < -0.39 is 0 Å². The second kappa shape index (κ2) is 7.60. The number of para-hydroxylation sites is 1. The molecule has 0 saturated carbocycles. The van der Waals surface area contributed by atoms with E-state index in [2.05, 4.69) is 32.6 Å². The van der Waals surface area contributed by atoms with Crippen LogP contribution in [0.2, 0.25) is 0 Å². The number of pyridine rings is 2. The van der Waals surface area contributed by atoms with Crippen LogP contribution in [0.4, 0.5) is 0 Å². The van der Waals surface area contributed by atoms with E-state index in [0.717, 1.165) is 31.5 Å². The molecule has 3 rings (SSSR count). The number of hydrogen-bond acceptors (Lipinski definition) is 4. The van der Waals surface area contributed by atoms with Crippen molar-refractivity contribution in [1.29, 1.82) is 0 Å². The molecule has 0 spiro atoms. The Kier molecular flexibility index (Phi) is 5.29. The van der Waals surface area contributed by atoms with Gasteiger partial charge in [-0.2, -0.15) is 0 Å². The molecule has 2 heterocycles. The van der Waals surface area contributed by atoms with Gasteiger partial charge in [0.15, 0.2) is 5.75 Å². The standard InChI is InChI=1S/C17H13IN2OS/c18-11-15-16(21-13-6-2-1-3-7-13)10-14(12-20-15)22-17-8-4-5-9-19-17/h1-10,12H,11H2. The zero-order chi connectivity index (χ0) is 15.2. The van der Waals surface area contributed by atoms with E-state index in [1.54, 1.807) is 18.0 Å². The van der Waals surface area contributed by atoms with Gasteiger partial charge in [0, 0.05) is 21.7 Å². The van der Waals surface area contributed by atoms with Gasteiger partial charge in [0.2, 0.25) is 0 Å². The van der Waals surface area contributed by atoms with Crippen molar-refractivity contribution < 1.29 is 4.74 Å². The summed E-state index contributed by atoms with van der Waals surface area (Å²) in [5.74, 6) is 1.61. The van der Waals surface area contributed by atoms with Crippen molar-refractivity contribution in [3.8, 4) is 11.5 Å². The number of ether oxygens (including phenoxy) is 1. The summed E-state index contributed by atoms with van der Waals surface area (Å²) in [6.07, 6.45) is 3.65. The van der Waals surface area contributed by atoms with Gasteiger partial charge in [-0.15, -0.1) is 0 Å². The third-order valence-corrected chi connectivity index (χ3v) is 4.50. The van der Waals surface area contributed by atoms with Crippen LogP contribution >= 0.6 is 34.4 Å². The van der Waals surface area contributed by atoms with Gasteiger partial charge in [0.1, 0.15) is 10.8 Å². The first-order valence-electron chi connectivity index (χ1n) is 6.72. The Morgan fingerprint density at radius 1 is 1.00 bits per heavy atom. The maximum absolute atomic E-state index is 5.98. The van der Waals surface area contributed by atoms with E-state index in [-0.39, 0.29) is 0 Å². The summed E-state index contributed by atoms with van der Waals surface area (Å²) in [5.41, 5.74) is 0.940. The molecule has 0 amide bonds. The number of hydrogen-bond donors (Lipinski definition) is 0. The highest BCUT2D eigenvalue weighted by molar-refractivity contribution is 14.1. The predicted octanol–water partition coefficient (Wildman–Crippen LogP) is 5.36. The molecule has 1 aromatic carbocycles. The summed E-state index contributed by atoms with van der Waals surface area (Å²) in [7, 11) is 0. The number of alkyl halides is 1. The molecule has 0 aliphatic carbocycles. The maximum atomic E-state index is 5.98. The van der Waals surface area contributed by atoms with Crippen molar-refractivity contribution in [1.82, 2.24) is 9.97 Å². The number of rotatable bonds is 5. The van der Waals surface area contributed by atoms with Crippen LogP contribution in [0.1, 0.15) is 5.69 Å². The van der Waals surface area contributed by atoms with Gasteiger partial charge in [0.25, 0.3) is 0 Å². The van der Waals surface area contributed by atoms with E-state index in [0.29, 0.717) is 0 Å². The van der Waals surface area contributed by atoms with Gasteiger partial charge < -0.3 is 4.74 Å². The fourth-order valence-electron chi connectivity index (χ4n) is 1.84. The molecular weight excluding hydrogens is 407 g/mol. The van der Waals surface area contributed by atoms with Gasteiger partial charge in [-0.05, 0) is 30.3 Å². The molecule has 0 atom stereocenters. The molecular formula is C17H13IN2OS. The van der Waals surface area contributed by atoms with Crippen LogP contribution in [0.3, 0.4) is 0 Å². The van der Waals surface area contributed by atoms with Crippen LogP contribution in [0, 0.1) is 0 Å². The Morgan fingerprint density at radius 2 is 1.82 bits per heavy atom. The second-order valence-electron chi connectivity index (χ2n) is 4.43. The SMILES string of the molecule is ICc1ncc(Sc2ccccn2)cc1Oc1ccccc1. The topological polar surface area (TPSA) is 35.0 Å². The fraction of sp³-hybridized carbons (Fsp3) is 0.0588. The minimum atomic E-state index is 0.793. The molecule has 3 aromatic rings. The molecule has 0 radical (unpaired) electrons. The van der Waals surface area contributed by atoms with Crippen LogP contribution in [0.25, 0.3) is 0 Å². The number of nitrogens with zero attached hydrogens (tertiary/aromatic N) is 2. The van der Waals surface area contributed by atoms with Gasteiger partial charge in [-0.25, -0.2) is 4.98 Å². The number of benzene rings is 1. The monoisotopic (exact) mass is 420 g/mol. The highest BCUT2D eigenvalue weighted by atomic mass is 127. The summed E-state index contributed by atoms with van der Waals surface area (Å²) < 4.78 is 6.78. The molecule has 0 N–H and O–H groups in total. The number of aromatic nitrogens is 2. The van der Waals surface area contributed by atoms with E-state index in [4.69, 9.17) is 4.74 Å². The lowest BCUT2D eigenvalue weighted by Gasteiger charge is -2.10. The molecule has 22 heavy (non-hydrogen) atoms. The summed E-state index contributed by atoms with van der Waals surface area (Å²) in [4.78, 5) is 9.84. The minimum absolute atomic E-state index is 0.793. The maximum Gasteiger partial charge on any atom is 0.150 e. The molecule has 5 heteroatoms. The minimum Gasteiger partial charge on any atom is -0.455 e. The third kappa shape index (κ3) is 3.98. The van der Waals surface area contributed by atoms with Crippen molar-refractivity contribution in [3.05, 3.63) is 72.7 Å². The number of halogens is 1. The first-order valence-corrected chi connectivity index (χ1v) is 9.06. The van der Waals surface area contributed by atoms with E-state index >= 15 is 0 Å². The van der Waals surface area contributed by atoms with Gasteiger partial charge >= 0.3 is 0 Å². The normalized spacial score (nSPS) is 10.4. The van der Waals surface area contributed by atoms with Gasteiger partial charge in [0.05, 0.1) is 5.69 Å². The summed E-state index contributed by atoms with van der Waals surface area (Å²) in [6, 6.07) is 17.7. The zero-order valence-corrected chi connectivity index (χ0v) is 14.6. The highest BCUT2D eigenvalue weighted by Crippen LogP contribution is 2.32. The molecule has 2 aromatic heterocycles. The lowest BCUT2D eigenvalue weighted by molar-refractivity contribution is 0.474. The molecule has 0 unspecified atom stereocenters. The zero-order valence-electron chi connectivity index (χ0n) is 11.6. The van der Waals surface area contributed by atoms with Crippen LogP contribution in [-0.2, 0) is 4.43 Å². The molecule has 0 bridgehead atoms. The van der Waals surface area contributed by atoms with Crippen molar-refractivity contribution in [2.24, 2.45) is 0 Å². The van der Waals surface area contributed by atoms with Crippen molar-refractivity contribution in [2.75, 3.05) is 0 Å². The van der Waals surface area contributed by atoms with Crippen LogP contribution < -0.4 is 4.74 Å². The summed E-state index contributed by atoms with van der Waals surface area (Å²) in [6.45, 7) is 0. The largest absolute Gasteiger partial charge is 0.455 e. The van der Waals surface area contributed by atoms with Crippen LogP contribution in [0.15, 0.2) is 76.9 Å². The predicted molar refractivity (Wildman–Crippen MR) is 96.8 cm³/mol. The molecule has 110 valence electrons. The van der Waals surface area contributed by atoms with Crippen LogP contribution in [0.5, 0.6) is 11.5 Å². The average molecular weight is 420 g/mol. The first-order chi connectivity index (χ1) is 10.8. The molecule has 0 saturated heterocycles. The van der Waals surface area contributed by atoms with Crippen molar-refractivity contribution >= 4 is 34.4 Å². The Bertz CT molecular complexity index is 738. The lowest BCUT2D eigenvalue weighted by atomic mass is 10.3. The van der Waals surface area contributed by atoms with E-state index in [9.17, 15) is 0 Å². The lowest BCUT2D eigenvalue weighted by Crippen LogP contribution is -1.93. The summed E-state index contributed by atoms with van der Waals surface area (Å²) >= 11 is 3.87. The van der Waals surface area contributed by atoms with Crippen LogP contribution in [-0.4, -0.2) is 9.97 Å². The van der Waals surface area contributed by atoms with Gasteiger partial charge in [-0.3, -0.25) is 4.98 Å². The molecule has 3 nitrogen and oxygen atoms in total. The smallest absolute Gasteiger partial charge is 0.150 e. The van der Waals surface area contributed by atoms with Crippen molar-refractivity contribution in [3.63, 3.8) is 0 Å². The quantitative estimate of drug-likeness (QED) is 0.412. The fourth-order valence-corrected chi connectivity index (χ4v) is 3.19. The summed E-state index contributed by atoms with van der Waals surface area (Å²) in [5, 5.41) is 0.942. The third-order valence-electron chi connectivity index (χ3n) is 2.86. The average Bonchev–Trinajstić information content (AvgIpc) is 2.57. The van der Waals surface area contributed by atoms with Crippen molar-refractivity contribution in [2.45, 2.75) is 14.3 Å².